The van der Waals surface area contributed by atoms with Gasteiger partial charge in [0.2, 0.25) is 17.5 Å². The number of ether oxygens (including phenoxy) is 1. The van der Waals surface area contributed by atoms with E-state index in [1.165, 1.54) is 14.2 Å². The maximum Gasteiger partial charge on any atom is 0.360 e. The SMILES string of the molecule is CON=C(C(=O)OC)C1=CC2=[N+](C(c3cccc(Cl)c3)C3CC3)OC1=C(C)C2. The minimum Gasteiger partial charge on any atom is -0.464 e. The van der Waals surface area contributed by atoms with Gasteiger partial charge in [0.25, 0.3) is 0 Å². The number of carbonyl (C=O) groups excluding carboxylic acids is 1. The van der Waals surface area contributed by atoms with Crippen LogP contribution in [0.3, 0.4) is 0 Å². The van der Waals surface area contributed by atoms with Gasteiger partial charge in [0.15, 0.2) is 5.71 Å². The Kier molecular flexibility index (Phi) is 4.98. The molecule has 0 aromatic heterocycles. The topological polar surface area (TPSA) is 60.1 Å². The maximum atomic E-state index is 12.2. The average Bonchev–Trinajstić information content (AvgIpc) is 3.51. The van der Waals surface area contributed by atoms with Crippen LogP contribution in [0.15, 0.2) is 52.4 Å². The summed E-state index contributed by atoms with van der Waals surface area (Å²) in [6, 6.07) is 8.00. The summed E-state index contributed by atoms with van der Waals surface area (Å²) in [6.45, 7) is 1.99. The van der Waals surface area contributed by atoms with Crippen LogP contribution in [0.4, 0.5) is 0 Å². The van der Waals surface area contributed by atoms with Gasteiger partial charge in [-0.2, -0.15) is 0 Å². The van der Waals surface area contributed by atoms with Crippen molar-refractivity contribution in [1.29, 1.82) is 0 Å². The molecule has 5 rings (SSSR count). The minimum absolute atomic E-state index is 0.0792. The van der Waals surface area contributed by atoms with Crippen LogP contribution in [-0.2, 0) is 19.2 Å². The third-order valence-electron chi connectivity index (χ3n) is 5.19. The third kappa shape index (κ3) is 3.33. The molecule has 146 valence electrons. The van der Waals surface area contributed by atoms with Gasteiger partial charge in [0.05, 0.1) is 19.1 Å². The molecule has 7 heteroatoms. The third-order valence-corrected chi connectivity index (χ3v) is 5.43. The Hall–Kier alpha value is -2.60. The summed E-state index contributed by atoms with van der Waals surface area (Å²) in [5.74, 6) is 0.574. The van der Waals surface area contributed by atoms with Crippen molar-refractivity contribution >= 4 is 29.0 Å². The van der Waals surface area contributed by atoms with Gasteiger partial charge < -0.3 is 9.57 Å². The van der Waals surface area contributed by atoms with Gasteiger partial charge in [-0.15, -0.1) is 0 Å². The fourth-order valence-electron chi connectivity index (χ4n) is 3.79. The van der Waals surface area contributed by atoms with Crippen LogP contribution in [-0.4, -0.2) is 36.4 Å². The van der Waals surface area contributed by atoms with Gasteiger partial charge in [0.1, 0.15) is 7.11 Å². The number of fused-ring (bicyclic) bond motifs is 2. The van der Waals surface area contributed by atoms with Crippen LogP contribution in [0.2, 0.25) is 5.02 Å². The van der Waals surface area contributed by atoms with E-state index in [0.717, 1.165) is 36.1 Å². The highest BCUT2D eigenvalue weighted by Crippen LogP contribution is 2.46. The lowest BCUT2D eigenvalue weighted by Crippen LogP contribution is -2.37. The molecule has 0 saturated heterocycles. The van der Waals surface area contributed by atoms with Gasteiger partial charge in [-0.3, -0.25) is 0 Å². The first-order chi connectivity index (χ1) is 13.5. The average molecular weight is 402 g/mol. The highest BCUT2D eigenvalue weighted by molar-refractivity contribution is 6.45. The molecule has 0 N–H and O–H groups in total. The fraction of sp³-hybridized carbons (Fsp3) is 0.381. The second-order valence-corrected chi connectivity index (χ2v) is 7.64. The molecule has 0 amide bonds. The van der Waals surface area contributed by atoms with Crippen molar-refractivity contribution in [2.45, 2.75) is 32.2 Å². The summed E-state index contributed by atoms with van der Waals surface area (Å²) in [7, 11) is 2.72. The molecule has 2 heterocycles. The molecule has 2 bridgehead atoms. The summed E-state index contributed by atoms with van der Waals surface area (Å²) >= 11 is 6.24. The Morgan fingerprint density at radius 2 is 2.14 bits per heavy atom. The van der Waals surface area contributed by atoms with E-state index in [1.54, 1.807) is 0 Å². The van der Waals surface area contributed by atoms with E-state index in [4.69, 9.17) is 26.0 Å². The molecule has 1 unspecified atom stereocenters. The molecule has 1 aromatic rings. The summed E-state index contributed by atoms with van der Waals surface area (Å²) in [5, 5.41) is 4.58. The number of benzene rings is 1. The molecule has 6 nitrogen and oxygen atoms in total. The second kappa shape index (κ2) is 7.43. The van der Waals surface area contributed by atoms with Crippen molar-refractivity contribution in [3.8, 4) is 0 Å². The molecule has 2 aliphatic carbocycles. The smallest absolute Gasteiger partial charge is 0.360 e. The predicted molar refractivity (Wildman–Crippen MR) is 105 cm³/mol. The maximum absolute atomic E-state index is 12.2. The second-order valence-electron chi connectivity index (χ2n) is 7.20. The van der Waals surface area contributed by atoms with Crippen LogP contribution in [0, 0.1) is 5.92 Å². The molecule has 1 fully saturated rings. The van der Waals surface area contributed by atoms with Crippen LogP contribution >= 0.6 is 11.6 Å². The number of carbonyl (C=O) groups is 1. The Labute approximate surface area is 168 Å². The van der Waals surface area contributed by atoms with E-state index in [1.807, 2.05) is 35.9 Å². The molecule has 0 radical (unpaired) electrons. The van der Waals surface area contributed by atoms with E-state index in [9.17, 15) is 4.79 Å². The van der Waals surface area contributed by atoms with Gasteiger partial charge >= 0.3 is 5.97 Å². The summed E-state index contributed by atoms with van der Waals surface area (Å²) in [5.41, 5.74) is 3.83. The normalized spacial score (nSPS) is 20.0. The lowest BCUT2D eigenvalue weighted by Gasteiger charge is -2.27. The first-order valence-electron chi connectivity index (χ1n) is 9.23. The van der Waals surface area contributed by atoms with Crippen molar-refractivity contribution in [3.05, 3.63) is 57.8 Å². The molecule has 2 aliphatic heterocycles. The number of hydroxylamine groups is 1. The zero-order valence-electron chi connectivity index (χ0n) is 16.1. The molecular weight excluding hydrogens is 380 g/mol. The predicted octanol–water partition coefficient (Wildman–Crippen LogP) is 3.97. The lowest BCUT2D eigenvalue weighted by atomic mass is 9.91. The number of oxime groups is 1. The number of methoxy groups -OCH3 is 1. The number of rotatable bonds is 6. The van der Waals surface area contributed by atoms with E-state index in [2.05, 4.69) is 11.2 Å². The highest BCUT2D eigenvalue weighted by atomic mass is 35.5. The highest BCUT2D eigenvalue weighted by Gasteiger charge is 2.48. The molecule has 0 spiro atoms. The zero-order valence-corrected chi connectivity index (χ0v) is 16.8. The Morgan fingerprint density at radius 3 is 2.75 bits per heavy atom. The van der Waals surface area contributed by atoms with Gasteiger partial charge in [-0.25, -0.2) is 9.63 Å². The number of allylic oxidation sites excluding steroid dienone is 3. The monoisotopic (exact) mass is 401 g/mol. The van der Waals surface area contributed by atoms with Crippen molar-refractivity contribution in [1.82, 2.24) is 0 Å². The number of hydrogen-bond donors (Lipinski definition) is 0. The van der Waals surface area contributed by atoms with Gasteiger partial charge in [-0.05, 0) is 42.2 Å². The zero-order chi connectivity index (χ0) is 19.8. The van der Waals surface area contributed by atoms with Crippen molar-refractivity contribution in [2.24, 2.45) is 11.1 Å². The largest absolute Gasteiger partial charge is 0.464 e. The first kappa shape index (κ1) is 18.7. The van der Waals surface area contributed by atoms with E-state index in [0.29, 0.717) is 22.3 Å². The van der Waals surface area contributed by atoms with Crippen LogP contribution in [0.1, 0.15) is 37.8 Å². The van der Waals surface area contributed by atoms with Crippen molar-refractivity contribution in [3.63, 3.8) is 0 Å². The molecule has 1 aromatic carbocycles. The molecule has 4 aliphatic rings. The summed E-state index contributed by atoms with van der Waals surface area (Å²) in [6.07, 6.45) is 5.00. The van der Waals surface area contributed by atoms with E-state index < -0.39 is 5.97 Å². The molecule has 28 heavy (non-hydrogen) atoms. The lowest BCUT2D eigenvalue weighted by molar-refractivity contribution is -0.808. The number of hydrogen-bond acceptors (Lipinski definition) is 5. The first-order valence-corrected chi connectivity index (χ1v) is 9.61. The van der Waals surface area contributed by atoms with Crippen LogP contribution in [0.5, 0.6) is 0 Å². The van der Waals surface area contributed by atoms with Crippen molar-refractivity contribution in [2.75, 3.05) is 14.2 Å². The van der Waals surface area contributed by atoms with Gasteiger partial charge in [-0.1, -0.05) is 28.9 Å². The quantitative estimate of drug-likeness (QED) is 0.313. The molecular formula is C21H22ClN2O4+. The molecule has 1 saturated carbocycles. The van der Waals surface area contributed by atoms with Crippen molar-refractivity contribution < 1.29 is 23.9 Å². The van der Waals surface area contributed by atoms with E-state index >= 15 is 0 Å². The summed E-state index contributed by atoms with van der Waals surface area (Å²) in [4.78, 5) is 23.4. The number of nitrogens with zero attached hydrogens (tertiary/aromatic N) is 2. The summed E-state index contributed by atoms with van der Waals surface area (Å²) < 4.78 is 6.83. The molecule has 1 atom stereocenters. The minimum atomic E-state index is -0.565. The van der Waals surface area contributed by atoms with Crippen LogP contribution < -0.4 is 0 Å². The fourth-order valence-corrected chi connectivity index (χ4v) is 3.99. The number of esters is 1. The Balaban J connectivity index is 1.79. The Bertz CT molecular complexity index is 957. The van der Waals surface area contributed by atoms with E-state index in [-0.39, 0.29) is 11.8 Å². The van der Waals surface area contributed by atoms with Gasteiger partial charge in [0, 0.05) is 22.6 Å². The standard InChI is InChI=1S/C21H22ClN2O4/c1-12-9-16-11-17(18(23-27-3)21(25)26-2)20(12)28-24(16)19(13-7-8-13)14-5-4-6-15(22)10-14/h4-6,10-11,13,19H,7-9H2,1-3H3/q+1. The Morgan fingerprint density at radius 1 is 1.36 bits per heavy atom. The number of halogens is 1. The van der Waals surface area contributed by atoms with Crippen LogP contribution in [0.25, 0.3) is 0 Å².